The number of nitrogens with two attached hydrogens (primary N) is 1. The first kappa shape index (κ1) is 17.7. The van der Waals surface area contributed by atoms with E-state index in [1.54, 1.807) is 0 Å². The maximum absolute atomic E-state index is 11.8. The lowest BCUT2D eigenvalue weighted by molar-refractivity contribution is -0.147. The third-order valence-corrected chi connectivity index (χ3v) is 3.01. The normalized spacial score (nSPS) is 12.2. The SMILES string of the molecule is CC(C)(N)COC(C)(C)CCC(=O)OCc1ccccc1. The zero-order valence-electron chi connectivity index (χ0n) is 13.5. The van der Waals surface area contributed by atoms with Crippen LogP contribution in [0.3, 0.4) is 0 Å². The van der Waals surface area contributed by atoms with E-state index in [1.807, 2.05) is 58.0 Å². The van der Waals surface area contributed by atoms with Gasteiger partial charge >= 0.3 is 5.97 Å². The van der Waals surface area contributed by atoms with Crippen LogP contribution >= 0.6 is 0 Å². The summed E-state index contributed by atoms with van der Waals surface area (Å²) in [7, 11) is 0. The topological polar surface area (TPSA) is 61.5 Å². The summed E-state index contributed by atoms with van der Waals surface area (Å²) in [6.45, 7) is 8.52. The zero-order valence-corrected chi connectivity index (χ0v) is 13.5. The van der Waals surface area contributed by atoms with Crippen LogP contribution in [0.15, 0.2) is 30.3 Å². The van der Waals surface area contributed by atoms with Crippen molar-refractivity contribution < 1.29 is 14.3 Å². The van der Waals surface area contributed by atoms with Gasteiger partial charge in [-0.3, -0.25) is 4.79 Å². The minimum atomic E-state index is -0.387. The molecule has 21 heavy (non-hydrogen) atoms. The number of hydrogen-bond donors (Lipinski definition) is 1. The first-order valence-corrected chi connectivity index (χ1v) is 7.30. The highest BCUT2D eigenvalue weighted by atomic mass is 16.5. The van der Waals surface area contributed by atoms with Crippen molar-refractivity contribution in [3.8, 4) is 0 Å². The Morgan fingerprint density at radius 2 is 1.76 bits per heavy atom. The van der Waals surface area contributed by atoms with Crippen LogP contribution in [0, 0.1) is 0 Å². The molecule has 4 heteroatoms. The Morgan fingerprint density at radius 1 is 1.14 bits per heavy atom. The molecule has 118 valence electrons. The molecule has 0 unspecified atom stereocenters. The van der Waals surface area contributed by atoms with Crippen molar-refractivity contribution in [1.82, 2.24) is 0 Å². The molecule has 0 heterocycles. The summed E-state index contributed by atoms with van der Waals surface area (Å²) in [4.78, 5) is 11.8. The van der Waals surface area contributed by atoms with E-state index < -0.39 is 0 Å². The second kappa shape index (κ2) is 7.57. The van der Waals surface area contributed by atoms with Gasteiger partial charge in [0.1, 0.15) is 6.61 Å². The van der Waals surface area contributed by atoms with Crippen LogP contribution in [-0.2, 0) is 20.9 Å². The van der Waals surface area contributed by atoms with Crippen molar-refractivity contribution in [2.75, 3.05) is 6.61 Å². The van der Waals surface area contributed by atoms with Crippen LogP contribution in [0.1, 0.15) is 46.1 Å². The first-order chi connectivity index (χ1) is 9.68. The fourth-order valence-corrected chi connectivity index (χ4v) is 1.67. The molecule has 1 rings (SSSR count). The van der Waals surface area contributed by atoms with Gasteiger partial charge in [-0.05, 0) is 39.7 Å². The van der Waals surface area contributed by atoms with Gasteiger partial charge in [0.15, 0.2) is 0 Å². The number of rotatable bonds is 8. The summed E-state index contributed by atoms with van der Waals surface area (Å²) in [5.74, 6) is -0.206. The minimum absolute atomic E-state index is 0.206. The van der Waals surface area contributed by atoms with Crippen LogP contribution in [0.25, 0.3) is 0 Å². The Morgan fingerprint density at radius 3 is 2.33 bits per heavy atom. The van der Waals surface area contributed by atoms with Crippen LogP contribution in [-0.4, -0.2) is 23.7 Å². The third kappa shape index (κ3) is 8.48. The molecule has 0 aliphatic carbocycles. The van der Waals surface area contributed by atoms with Gasteiger partial charge in [-0.1, -0.05) is 30.3 Å². The first-order valence-electron chi connectivity index (χ1n) is 7.30. The molecule has 4 nitrogen and oxygen atoms in total. The highest BCUT2D eigenvalue weighted by Crippen LogP contribution is 2.19. The average Bonchev–Trinajstić information content (AvgIpc) is 2.41. The lowest BCUT2D eigenvalue weighted by atomic mass is 10.0. The molecule has 1 aromatic rings. The Balaban J connectivity index is 2.28. The molecule has 2 N–H and O–H groups in total. The van der Waals surface area contributed by atoms with Crippen LogP contribution in [0.4, 0.5) is 0 Å². The summed E-state index contributed by atoms with van der Waals surface area (Å²) >= 11 is 0. The molecule has 0 spiro atoms. The fraction of sp³-hybridized carbons (Fsp3) is 0.588. The number of carbonyl (C=O) groups is 1. The van der Waals surface area contributed by atoms with E-state index in [0.29, 0.717) is 26.1 Å². The predicted octanol–water partition coefficient (Wildman–Crippen LogP) is 3.04. The van der Waals surface area contributed by atoms with Crippen molar-refractivity contribution >= 4 is 5.97 Å². The molecule has 0 aliphatic rings. The number of esters is 1. The Bertz CT molecular complexity index is 435. The van der Waals surface area contributed by atoms with Gasteiger partial charge in [-0.25, -0.2) is 0 Å². The van der Waals surface area contributed by atoms with Gasteiger partial charge in [-0.2, -0.15) is 0 Å². The van der Waals surface area contributed by atoms with Gasteiger partial charge in [-0.15, -0.1) is 0 Å². The van der Waals surface area contributed by atoms with E-state index in [-0.39, 0.29) is 17.1 Å². The van der Waals surface area contributed by atoms with Gasteiger partial charge in [0.2, 0.25) is 0 Å². The van der Waals surface area contributed by atoms with Gasteiger partial charge in [0.25, 0.3) is 0 Å². The standard InChI is InChI=1S/C17H27NO3/c1-16(2,18)13-21-17(3,4)11-10-15(19)20-12-14-8-6-5-7-9-14/h5-9H,10-13,18H2,1-4H3. The summed E-state index contributed by atoms with van der Waals surface area (Å²) < 4.78 is 11.0. The van der Waals surface area contributed by atoms with Gasteiger partial charge in [0.05, 0.1) is 12.2 Å². The van der Waals surface area contributed by atoms with Crippen molar-refractivity contribution in [3.05, 3.63) is 35.9 Å². The monoisotopic (exact) mass is 293 g/mol. The second-order valence-corrected chi connectivity index (χ2v) is 6.68. The van der Waals surface area contributed by atoms with E-state index in [9.17, 15) is 4.79 Å². The minimum Gasteiger partial charge on any atom is -0.461 e. The smallest absolute Gasteiger partial charge is 0.306 e. The fourth-order valence-electron chi connectivity index (χ4n) is 1.67. The van der Waals surface area contributed by atoms with Crippen LogP contribution < -0.4 is 5.73 Å². The van der Waals surface area contributed by atoms with Crippen molar-refractivity contribution in [2.24, 2.45) is 5.73 Å². The van der Waals surface area contributed by atoms with Crippen molar-refractivity contribution in [2.45, 2.75) is 58.3 Å². The van der Waals surface area contributed by atoms with Crippen molar-refractivity contribution in [3.63, 3.8) is 0 Å². The molecule has 0 saturated carbocycles. The molecule has 0 atom stereocenters. The van der Waals surface area contributed by atoms with Gasteiger partial charge < -0.3 is 15.2 Å². The summed E-state index contributed by atoms with van der Waals surface area (Å²) in [6, 6.07) is 9.65. The lowest BCUT2D eigenvalue weighted by Crippen LogP contribution is -2.41. The maximum atomic E-state index is 11.8. The quantitative estimate of drug-likeness (QED) is 0.748. The lowest BCUT2D eigenvalue weighted by Gasteiger charge is -2.29. The molecule has 0 amide bonds. The number of carbonyl (C=O) groups excluding carboxylic acids is 1. The van der Waals surface area contributed by atoms with Crippen LogP contribution in [0.2, 0.25) is 0 Å². The second-order valence-electron chi connectivity index (χ2n) is 6.68. The molecule has 0 aliphatic heterocycles. The Labute approximate surface area is 127 Å². The average molecular weight is 293 g/mol. The van der Waals surface area contributed by atoms with Crippen LogP contribution in [0.5, 0.6) is 0 Å². The zero-order chi connectivity index (χ0) is 15.9. The number of benzene rings is 1. The maximum Gasteiger partial charge on any atom is 0.306 e. The van der Waals surface area contributed by atoms with Crippen molar-refractivity contribution in [1.29, 1.82) is 0 Å². The molecular weight excluding hydrogens is 266 g/mol. The third-order valence-electron chi connectivity index (χ3n) is 3.01. The molecule has 0 bridgehead atoms. The molecule has 1 aromatic carbocycles. The Kier molecular flexibility index (Phi) is 6.37. The Hall–Kier alpha value is -1.39. The number of ether oxygens (including phenoxy) is 2. The highest BCUT2D eigenvalue weighted by Gasteiger charge is 2.23. The van der Waals surface area contributed by atoms with E-state index in [0.717, 1.165) is 5.56 Å². The summed E-state index contributed by atoms with van der Waals surface area (Å²) in [6.07, 6.45) is 0.946. The molecule has 0 saturated heterocycles. The molecule has 0 aromatic heterocycles. The predicted molar refractivity (Wildman–Crippen MR) is 83.8 cm³/mol. The molecule has 0 radical (unpaired) electrons. The van der Waals surface area contributed by atoms with Gasteiger partial charge in [0, 0.05) is 12.0 Å². The van der Waals surface area contributed by atoms with E-state index in [2.05, 4.69) is 0 Å². The molecule has 0 fully saturated rings. The van der Waals surface area contributed by atoms with E-state index >= 15 is 0 Å². The highest BCUT2D eigenvalue weighted by molar-refractivity contribution is 5.69. The van der Waals surface area contributed by atoms with E-state index in [4.69, 9.17) is 15.2 Å². The summed E-state index contributed by atoms with van der Waals surface area (Å²) in [5, 5.41) is 0. The molecular formula is C17H27NO3. The largest absolute Gasteiger partial charge is 0.461 e. The van der Waals surface area contributed by atoms with E-state index in [1.165, 1.54) is 0 Å². The summed E-state index contributed by atoms with van der Waals surface area (Å²) in [5.41, 5.74) is 6.13. The number of hydrogen-bond acceptors (Lipinski definition) is 4.